The van der Waals surface area contributed by atoms with E-state index in [0.29, 0.717) is 17.5 Å². The second kappa shape index (κ2) is 5.37. The van der Waals surface area contributed by atoms with E-state index in [2.05, 4.69) is 23.7 Å². The lowest BCUT2D eigenvalue weighted by Crippen LogP contribution is -2.36. The number of rotatable bonds is 3. The Labute approximate surface area is 121 Å². The predicted molar refractivity (Wildman–Crippen MR) is 76.7 cm³/mol. The molecule has 1 aromatic heterocycles. The molecule has 1 atom stereocenters. The van der Waals surface area contributed by atoms with Crippen molar-refractivity contribution in [1.82, 2.24) is 9.88 Å². The van der Waals surface area contributed by atoms with E-state index in [-0.39, 0.29) is 5.52 Å². The standard InChI is InChI=1S/C16H19F3N2/c1-9(2)21-5-3-4-11(21)6-10-8-20-16-12(10)7-13(17)14(18)15(16)19/h7-9,11,20H,3-6H2,1-2H3/t11-/m1/s1. The van der Waals surface area contributed by atoms with E-state index in [0.717, 1.165) is 37.4 Å². The third kappa shape index (κ3) is 2.44. The third-order valence-corrected chi connectivity index (χ3v) is 4.44. The lowest BCUT2D eigenvalue weighted by molar-refractivity contribution is 0.203. The van der Waals surface area contributed by atoms with Gasteiger partial charge >= 0.3 is 0 Å². The molecule has 0 aliphatic carbocycles. The van der Waals surface area contributed by atoms with E-state index < -0.39 is 17.5 Å². The van der Waals surface area contributed by atoms with Crippen LogP contribution < -0.4 is 0 Å². The van der Waals surface area contributed by atoms with Crippen molar-refractivity contribution in [1.29, 1.82) is 0 Å². The van der Waals surface area contributed by atoms with Crippen LogP contribution >= 0.6 is 0 Å². The van der Waals surface area contributed by atoms with Crippen molar-refractivity contribution < 1.29 is 13.2 Å². The molecule has 1 aliphatic rings. The minimum Gasteiger partial charge on any atom is -0.358 e. The molecule has 0 unspecified atom stereocenters. The summed E-state index contributed by atoms with van der Waals surface area (Å²) in [4.78, 5) is 5.15. The minimum atomic E-state index is -1.42. The van der Waals surface area contributed by atoms with Crippen molar-refractivity contribution in [3.63, 3.8) is 0 Å². The normalized spacial score (nSPS) is 20.0. The van der Waals surface area contributed by atoms with Crippen LogP contribution in [0.2, 0.25) is 0 Å². The molecular formula is C16H19F3N2. The molecule has 0 spiro atoms. The second-order valence-electron chi connectivity index (χ2n) is 6.05. The van der Waals surface area contributed by atoms with Crippen molar-refractivity contribution in [2.75, 3.05) is 6.54 Å². The number of halogens is 3. The molecule has 1 N–H and O–H groups in total. The first-order chi connectivity index (χ1) is 9.99. The van der Waals surface area contributed by atoms with Crippen LogP contribution in [0, 0.1) is 17.5 Å². The molecule has 114 valence electrons. The van der Waals surface area contributed by atoms with Gasteiger partial charge in [-0.1, -0.05) is 0 Å². The Kier molecular flexibility index (Phi) is 3.69. The van der Waals surface area contributed by atoms with Crippen LogP contribution in [-0.2, 0) is 6.42 Å². The van der Waals surface area contributed by atoms with Crippen molar-refractivity contribution in [3.05, 3.63) is 35.3 Å². The summed E-state index contributed by atoms with van der Waals surface area (Å²) >= 11 is 0. The van der Waals surface area contributed by atoms with Crippen LogP contribution in [-0.4, -0.2) is 28.5 Å². The van der Waals surface area contributed by atoms with Gasteiger partial charge in [0.1, 0.15) is 0 Å². The fourth-order valence-corrected chi connectivity index (χ4v) is 3.41. The van der Waals surface area contributed by atoms with Gasteiger partial charge in [-0.2, -0.15) is 0 Å². The highest BCUT2D eigenvalue weighted by Crippen LogP contribution is 2.29. The van der Waals surface area contributed by atoms with Crippen molar-refractivity contribution in [2.45, 2.75) is 45.2 Å². The van der Waals surface area contributed by atoms with Gasteiger partial charge in [-0.3, -0.25) is 4.90 Å². The molecule has 0 saturated carbocycles. The lowest BCUT2D eigenvalue weighted by Gasteiger charge is -2.28. The molecule has 2 nitrogen and oxygen atoms in total. The molecule has 0 amide bonds. The first kappa shape index (κ1) is 14.4. The highest BCUT2D eigenvalue weighted by Gasteiger charge is 2.28. The molecule has 2 heterocycles. The van der Waals surface area contributed by atoms with E-state index in [1.807, 2.05) is 0 Å². The van der Waals surface area contributed by atoms with E-state index in [9.17, 15) is 13.2 Å². The average Bonchev–Trinajstić information content (AvgIpc) is 3.04. The van der Waals surface area contributed by atoms with Gasteiger partial charge in [0, 0.05) is 23.7 Å². The van der Waals surface area contributed by atoms with Crippen LogP contribution in [0.4, 0.5) is 13.2 Å². The SMILES string of the molecule is CC(C)N1CCC[C@@H]1Cc1c[nH]c2c(F)c(F)c(F)cc12. The zero-order valence-electron chi connectivity index (χ0n) is 12.2. The molecule has 1 aromatic carbocycles. The molecule has 0 radical (unpaired) electrons. The van der Waals surface area contributed by atoms with Crippen LogP contribution in [0.15, 0.2) is 12.3 Å². The maximum atomic E-state index is 13.7. The summed E-state index contributed by atoms with van der Waals surface area (Å²) in [7, 11) is 0. The third-order valence-electron chi connectivity index (χ3n) is 4.44. The number of benzene rings is 1. The van der Waals surface area contributed by atoms with Gasteiger partial charge < -0.3 is 4.98 Å². The number of aromatic amines is 1. The summed E-state index contributed by atoms with van der Waals surface area (Å²) in [6.07, 6.45) is 4.62. The highest BCUT2D eigenvalue weighted by molar-refractivity contribution is 5.84. The maximum Gasteiger partial charge on any atom is 0.196 e. The molecule has 0 bridgehead atoms. The van der Waals surface area contributed by atoms with Gasteiger partial charge in [-0.15, -0.1) is 0 Å². The molecule has 1 aliphatic heterocycles. The number of fused-ring (bicyclic) bond motifs is 1. The smallest absolute Gasteiger partial charge is 0.196 e. The number of nitrogens with zero attached hydrogens (tertiary/aromatic N) is 1. The van der Waals surface area contributed by atoms with Gasteiger partial charge in [0.05, 0.1) is 5.52 Å². The van der Waals surface area contributed by atoms with Crippen molar-refractivity contribution >= 4 is 10.9 Å². The number of nitrogens with one attached hydrogen (secondary N) is 1. The van der Waals surface area contributed by atoms with Gasteiger partial charge in [0.15, 0.2) is 17.5 Å². The molecule has 3 rings (SSSR count). The summed E-state index contributed by atoms with van der Waals surface area (Å²) in [5.41, 5.74) is 0.901. The number of aromatic nitrogens is 1. The summed E-state index contributed by atoms with van der Waals surface area (Å²) in [5.74, 6) is -3.68. The van der Waals surface area contributed by atoms with Crippen molar-refractivity contribution in [3.8, 4) is 0 Å². The largest absolute Gasteiger partial charge is 0.358 e. The number of likely N-dealkylation sites (tertiary alicyclic amines) is 1. The maximum absolute atomic E-state index is 13.7. The molecule has 1 saturated heterocycles. The van der Waals surface area contributed by atoms with Crippen LogP contribution in [0.5, 0.6) is 0 Å². The lowest BCUT2D eigenvalue weighted by atomic mass is 10.0. The molecular weight excluding hydrogens is 277 g/mol. The number of hydrogen-bond donors (Lipinski definition) is 1. The number of hydrogen-bond acceptors (Lipinski definition) is 1. The Morgan fingerprint density at radius 1 is 1.29 bits per heavy atom. The van der Waals surface area contributed by atoms with Gasteiger partial charge in [0.2, 0.25) is 0 Å². The topological polar surface area (TPSA) is 19.0 Å². The second-order valence-corrected chi connectivity index (χ2v) is 6.05. The average molecular weight is 296 g/mol. The van der Waals surface area contributed by atoms with E-state index in [1.54, 1.807) is 6.20 Å². The Morgan fingerprint density at radius 2 is 2.05 bits per heavy atom. The fraction of sp³-hybridized carbons (Fsp3) is 0.500. The Morgan fingerprint density at radius 3 is 2.76 bits per heavy atom. The summed E-state index contributed by atoms with van der Waals surface area (Å²) in [6, 6.07) is 1.92. The minimum absolute atomic E-state index is 0.0537. The number of H-pyrrole nitrogens is 1. The zero-order valence-corrected chi connectivity index (χ0v) is 12.2. The Hall–Kier alpha value is -1.49. The quantitative estimate of drug-likeness (QED) is 0.848. The molecule has 21 heavy (non-hydrogen) atoms. The molecule has 1 fully saturated rings. The Bertz CT molecular complexity index is 663. The van der Waals surface area contributed by atoms with E-state index >= 15 is 0 Å². The zero-order chi connectivity index (χ0) is 15.1. The first-order valence-corrected chi connectivity index (χ1v) is 7.38. The van der Waals surface area contributed by atoms with Crippen LogP contribution in [0.3, 0.4) is 0 Å². The van der Waals surface area contributed by atoms with E-state index in [4.69, 9.17) is 0 Å². The first-order valence-electron chi connectivity index (χ1n) is 7.38. The predicted octanol–water partition coefficient (Wildman–Crippen LogP) is 4.00. The monoisotopic (exact) mass is 296 g/mol. The van der Waals surface area contributed by atoms with E-state index in [1.165, 1.54) is 0 Å². The highest BCUT2D eigenvalue weighted by atomic mass is 19.2. The van der Waals surface area contributed by atoms with Crippen LogP contribution in [0.25, 0.3) is 10.9 Å². The van der Waals surface area contributed by atoms with Gasteiger partial charge in [0.25, 0.3) is 0 Å². The molecule has 2 aromatic rings. The van der Waals surface area contributed by atoms with Crippen LogP contribution in [0.1, 0.15) is 32.3 Å². The summed E-state index contributed by atoms with van der Waals surface area (Å²) in [5, 5.41) is 0.446. The summed E-state index contributed by atoms with van der Waals surface area (Å²) in [6.45, 7) is 5.37. The summed E-state index contributed by atoms with van der Waals surface area (Å²) < 4.78 is 40.4. The fourth-order valence-electron chi connectivity index (χ4n) is 3.41. The Balaban J connectivity index is 1.95. The van der Waals surface area contributed by atoms with Gasteiger partial charge in [-0.05, 0) is 51.3 Å². The van der Waals surface area contributed by atoms with Gasteiger partial charge in [-0.25, -0.2) is 13.2 Å². The van der Waals surface area contributed by atoms with Crippen molar-refractivity contribution in [2.24, 2.45) is 0 Å². The molecule has 5 heteroatoms.